The highest BCUT2D eigenvalue weighted by atomic mass is 35.5. The van der Waals surface area contributed by atoms with Gasteiger partial charge in [0, 0.05) is 12.6 Å². The lowest BCUT2D eigenvalue weighted by atomic mass is 10.1. The highest BCUT2D eigenvalue weighted by molar-refractivity contribution is 6.16. The SMILES string of the molecule is Fc1ccc2nc(CCl)n(C3CCN4CCCC34)c2c1F. The number of aromatic nitrogens is 2. The van der Waals surface area contributed by atoms with E-state index in [9.17, 15) is 8.78 Å². The lowest BCUT2D eigenvalue weighted by molar-refractivity contribution is 0.290. The number of nitrogens with zero attached hydrogens (tertiary/aromatic N) is 3. The van der Waals surface area contributed by atoms with Gasteiger partial charge in [-0.05, 0) is 37.9 Å². The van der Waals surface area contributed by atoms with Crippen molar-refractivity contribution >= 4 is 22.6 Å². The van der Waals surface area contributed by atoms with Crippen molar-refractivity contribution in [1.82, 2.24) is 14.5 Å². The molecule has 0 radical (unpaired) electrons. The van der Waals surface area contributed by atoms with Crippen molar-refractivity contribution in [2.75, 3.05) is 13.1 Å². The summed E-state index contributed by atoms with van der Waals surface area (Å²) >= 11 is 6.00. The minimum atomic E-state index is -0.828. The number of benzene rings is 1. The molecule has 1 aromatic heterocycles. The molecule has 6 heteroatoms. The average Bonchev–Trinajstić information content (AvgIpc) is 3.15. The third kappa shape index (κ3) is 1.90. The van der Waals surface area contributed by atoms with E-state index >= 15 is 0 Å². The maximum absolute atomic E-state index is 14.3. The molecule has 2 aliphatic rings. The summed E-state index contributed by atoms with van der Waals surface area (Å²) in [5, 5.41) is 0. The Morgan fingerprint density at radius 3 is 2.86 bits per heavy atom. The molecule has 2 fully saturated rings. The maximum Gasteiger partial charge on any atom is 0.184 e. The minimum Gasteiger partial charge on any atom is -0.320 e. The van der Waals surface area contributed by atoms with Crippen molar-refractivity contribution in [1.29, 1.82) is 0 Å². The van der Waals surface area contributed by atoms with Crippen LogP contribution in [0, 0.1) is 11.6 Å². The molecule has 3 heterocycles. The van der Waals surface area contributed by atoms with Gasteiger partial charge in [0.1, 0.15) is 11.3 Å². The van der Waals surface area contributed by atoms with Crippen LogP contribution in [0.15, 0.2) is 12.1 Å². The molecule has 1 aromatic carbocycles. The van der Waals surface area contributed by atoms with Crippen LogP contribution in [0.3, 0.4) is 0 Å². The van der Waals surface area contributed by atoms with Gasteiger partial charge in [-0.1, -0.05) is 0 Å². The Morgan fingerprint density at radius 1 is 1.19 bits per heavy atom. The molecule has 0 amide bonds. The van der Waals surface area contributed by atoms with Gasteiger partial charge in [-0.15, -0.1) is 11.6 Å². The fraction of sp³-hybridized carbons (Fsp3) is 0.533. The van der Waals surface area contributed by atoms with Crippen molar-refractivity contribution in [2.24, 2.45) is 0 Å². The predicted octanol–water partition coefficient (Wildman–Crippen LogP) is 3.46. The van der Waals surface area contributed by atoms with E-state index in [1.54, 1.807) is 0 Å². The Balaban J connectivity index is 1.92. The maximum atomic E-state index is 14.3. The molecule has 0 spiro atoms. The second kappa shape index (κ2) is 4.92. The predicted molar refractivity (Wildman–Crippen MR) is 77.5 cm³/mol. The van der Waals surface area contributed by atoms with Crippen molar-refractivity contribution in [3.63, 3.8) is 0 Å². The zero-order valence-corrected chi connectivity index (χ0v) is 12.3. The Bertz CT molecular complexity index is 700. The van der Waals surface area contributed by atoms with Crippen molar-refractivity contribution < 1.29 is 8.78 Å². The van der Waals surface area contributed by atoms with Gasteiger partial charge in [-0.2, -0.15) is 0 Å². The van der Waals surface area contributed by atoms with Gasteiger partial charge in [-0.25, -0.2) is 13.8 Å². The normalized spacial score (nSPS) is 25.9. The van der Waals surface area contributed by atoms with E-state index in [0.29, 0.717) is 17.4 Å². The Hall–Kier alpha value is -1.20. The molecule has 0 bridgehead atoms. The van der Waals surface area contributed by atoms with E-state index < -0.39 is 11.6 Å². The van der Waals surface area contributed by atoms with E-state index in [1.807, 2.05) is 4.57 Å². The molecule has 3 nitrogen and oxygen atoms in total. The van der Waals surface area contributed by atoms with Gasteiger partial charge >= 0.3 is 0 Å². The van der Waals surface area contributed by atoms with Gasteiger partial charge in [0.05, 0.1) is 17.4 Å². The Kier molecular flexibility index (Phi) is 3.15. The lowest BCUT2D eigenvalue weighted by Gasteiger charge is -2.23. The van der Waals surface area contributed by atoms with Crippen LogP contribution in [0.2, 0.25) is 0 Å². The van der Waals surface area contributed by atoms with Crippen LogP contribution in [0.25, 0.3) is 11.0 Å². The molecule has 2 atom stereocenters. The first-order chi connectivity index (χ1) is 10.2. The van der Waals surface area contributed by atoms with Gasteiger partial charge in [0.25, 0.3) is 0 Å². The summed E-state index contributed by atoms with van der Waals surface area (Å²) in [6, 6.07) is 3.19. The molecule has 2 unspecified atom stereocenters. The number of rotatable bonds is 2. The summed E-state index contributed by atoms with van der Waals surface area (Å²) in [7, 11) is 0. The van der Waals surface area contributed by atoms with E-state index in [4.69, 9.17) is 11.6 Å². The smallest absolute Gasteiger partial charge is 0.184 e. The molecule has 112 valence electrons. The zero-order chi connectivity index (χ0) is 14.6. The number of hydrogen-bond acceptors (Lipinski definition) is 2. The van der Waals surface area contributed by atoms with Crippen molar-refractivity contribution in [2.45, 2.75) is 37.2 Å². The molecular formula is C15H16ClF2N3. The number of imidazole rings is 1. The van der Waals surface area contributed by atoms with Crippen LogP contribution in [0.4, 0.5) is 8.78 Å². The van der Waals surface area contributed by atoms with E-state index in [-0.39, 0.29) is 17.4 Å². The van der Waals surface area contributed by atoms with E-state index in [2.05, 4.69) is 9.88 Å². The second-order valence-electron chi connectivity index (χ2n) is 5.86. The number of fused-ring (bicyclic) bond motifs is 2. The summed E-state index contributed by atoms with van der Waals surface area (Å²) in [5.74, 6) is -0.798. The summed E-state index contributed by atoms with van der Waals surface area (Å²) in [6.07, 6.45) is 3.21. The first kappa shape index (κ1) is 13.5. The summed E-state index contributed by atoms with van der Waals surface area (Å²) in [4.78, 5) is 6.83. The summed E-state index contributed by atoms with van der Waals surface area (Å²) in [6.45, 7) is 2.11. The average molecular weight is 312 g/mol. The van der Waals surface area contributed by atoms with Crippen LogP contribution in [-0.4, -0.2) is 33.6 Å². The fourth-order valence-corrected chi connectivity index (χ4v) is 4.17. The summed E-state index contributed by atoms with van der Waals surface area (Å²) in [5.41, 5.74) is 0.755. The molecule has 4 rings (SSSR count). The number of halogens is 3. The van der Waals surface area contributed by atoms with Crippen LogP contribution in [-0.2, 0) is 5.88 Å². The molecular weight excluding hydrogens is 296 g/mol. The zero-order valence-electron chi connectivity index (χ0n) is 11.5. The Labute approximate surface area is 126 Å². The molecule has 2 aromatic rings. The molecule has 0 aliphatic carbocycles. The van der Waals surface area contributed by atoms with Gasteiger partial charge < -0.3 is 4.57 Å². The molecule has 0 N–H and O–H groups in total. The van der Waals surface area contributed by atoms with E-state index in [0.717, 1.165) is 32.0 Å². The Morgan fingerprint density at radius 2 is 2.05 bits per heavy atom. The second-order valence-corrected chi connectivity index (χ2v) is 6.13. The fourth-order valence-electron chi connectivity index (χ4n) is 3.98. The van der Waals surface area contributed by atoms with Crippen LogP contribution < -0.4 is 0 Å². The quantitative estimate of drug-likeness (QED) is 0.792. The molecule has 21 heavy (non-hydrogen) atoms. The highest BCUT2D eigenvalue weighted by Crippen LogP contribution is 2.39. The van der Waals surface area contributed by atoms with Crippen molar-refractivity contribution in [3.05, 3.63) is 29.6 Å². The van der Waals surface area contributed by atoms with Gasteiger partial charge in [-0.3, -0.25) is 4.90 Å². The standard InChI is InChI=1S/C15H16ClF2N3/c16-8-13-19-10-4-3-9(17)14(18)15(10)21(13)12-5-7-20-6-1-2-11(12)20/h3-4,11-12H,1-2,5-8H2. The largest absolute Gasteiger partial charge is 0.320 e. The van der Waals surface area contributed by atoms with E-state index in [1.165, 1.54) is 12.5 Å². The molecule has 2 saturated heterocycles. The van der Waals surface area contributed by atoms with Crippen LogP contribution in [0.1, 0.15) is 31.1 Å². The molecule has 2 aliphatic heterocycles. The lowest BCUT2D eigenvalue weighted by Crippen LogP contribution is -2.28. The van der Waals surface area contributed by atoms with Gasteiger partial charge in [0.2, 0.25) is 0 Å². The number of alkyl halides is 1. The monoisotopic (exact) mass is 311 g/mol. The first-order valence-electron chi connectivity index (χ1n) is 7.35. The number of hydrogen-bond donors (Lipinski definition) is 0. The highest BCUT2D eigenvalue weighted by Gasteiger charge is 2.40. The summed E-state index contributed by atoms with van der Waals surface area (Å²) < 4.78 is 29.8. The third-order valence-corrected chi connectivity index (χ3v) is 5.08. The van der Waals surface area contributed by atoms with Crippen LogP contribution >= 0.6 is 11.6 Å². The molecule has 0 saturated carbocycles. The minimum absolute atomic E-state index is 0.141. The van der Waals surface area contributed by atoms with Gasteiger partial charge in [0.15, 0.2) is 11.6 Å². The van der Waals surface area contributed by atoms with Crippen LogP contribution in [0.5, 0.6) is 0 Å². The van der Waals surface area contributed by atoms with Crippen molar-refractivity contribution in [3.8, 4) is 0 Å². The first-order valence-corrected chi connectivity index (χ1v) is 7.89. The third-order valence-electron chi connectivity index (χ3n) is 4.84. The topological polar surface area (TPSA) is 21.1 Å².